The fourth-order valence-electron chi connectivity index (χ4n) is 4.65. The second-order valence-corrected chi connectivity index (χ2v) is 9.85. The third-order valence-electron chi connectivity index (χ3n) is 6.16. The third-order valence-corrected chi connectivity index (χ3v) is 6.16. The van der Waals surface area contributed by atoms with Gasteiger partial charge in [0.25, 0.3) is 0 Å². The molecule has 0 bridgehead atoms. The molecular weight excluding hydrogens is 444 g/mol. The Morgan fingerprint density at radius 2 is 1.94 bits per heavy atom. The van der Waals surface area contributed by atoms with Crippen LogP contribution >= 0.6 is 0 Å². The van der Waals surface area contributed by atoms with Crippen LogP contribution in [-0.2, 0) is 4.74 Å². The highest BCUT2D eigenvalue weighted by atomic mass is 16.6. The van der Waals surface area contributed by atoms with Crippen molar-refractivity contribution < 1.29 is 14.3 Å². The highest BCUT2D eigenvalue weighted by molar-refractivity contribution is 5.69. The maximum Gasteiger partial charge on any atom is 0.410 e. The van der Waals surface area contributed by atoms with Crippen molar-refractivity contribution in [3.05, 3.63) is 66.0 Å². The van der Waals surface area contributed by atoms with Gasteiger partial charge in [-0.25, -0.2) is 9.48 Å². The normalized spacial score (nSPS) is 19.3. The second-order valence-electron chi connectivity index (χ2n) is 9.85. The van der Waals surface area contributed by atoms with Crippen molar-refractivity contribution in [3.63, 3.8) is 0 Å². The molecular formula is C26H34N6O3. The molecule has 9 nitrogen and oxygen atoms in total. The molecule has 4 rings (SSSR count). The molecule has 1 saturated heterocycles. The Morgan fingerprint density at radius 1 is 1.17 bits per heavy atom. The van der Waals surface area contributed by atoms with Crippen molar-refractivity contribution in [1.82, 2.24) is 30.4 Å². The van der Waals surface area contributed by atoms with Crippen LogP contribution in [0.1, 0.15) is 63.7 Å². The monoisotopic (exact) mass is 478 g/mol. The zero-order chi connectivity index (χ0) is 25.0. The van der Waals surface area contributed by atoms with E-state index in [9.17, 15) is 4.79 Å². The molecule has 1 fully saturated rings. The number of likely N-dealkylation sites (tertiary alicyclic amines) is 1. The van der Waals surface area contributed by atoms with Crippen LogP contribution < -0.4 is 10.1 Å². The highest BCUT2D eigenvalue weighted by Crippen LogP contribution is 2.35. The van der Waals surface area contributed by atoms with Crippen LogP contribution in [0.25, 0.3) is 5.69 Å². The Hall–Kier alpha value is -3.46. The van der Waals surface area contributed by atoms with Crippen LogP contribution in [0.4, 0.5) is 4.79 Å². The number of piperidine rings is 1. The van der Waals surface area contributed by atoms with Gasteiger partial charge in [0.1, 0.15) is 17.7 Å². The van der Waals surface area contributed by atoms with Gasteiger partial charge in [0.2, 0.25) is 0 Å². The number of hydrogen-bond donors (Lipinski definition) is 1. The fraction of sp³-hybridized carbons (Fsp3) is 0.462. The van der Waals surface area contributed by atoms with Crippen molar-refractivity contribution >= 4 is 6.09 Å². The van der Waals surface area contributed by atoms with Crippen LogP contribution in [0, 0.1) is 0 Å². The van der Waals surface area contributed by atoms with E-state index < -0.39 is 5.60 Å². The Morgan fingerprint density at radius 3 is 2.60 bits per heavy atom. The number of nitrogens with zero attached hydrogens (tertiary/aromatic N) is 5. The van der Waals surface area contributed by atoms with Gasteiger partial charge in [0.05, 0.1) is 18.8 Å². The molecule has 0 spiro atoms. The summed E-state index contributed by atoms with van der Waals surface area (Å²) in [6.45, 7) is 8.45. The average Bonchev–Trinajstić information content (AvgIpc) is 3.38. The van der Waals surface area contributed by atoms with E-state index in [-0.39, 0.29) is 24.2 Å². The Bertz CT molecular complexity index is 1110. The first-order valence-corrected chi connectivity index (χ1v) is 12.0. The second kappa shape index (κ2) is 10.4. The number of hydrogen-bond acceptors (Lipinski definition) is 7. The molecule has 3 aromatic rings. The molecule has 3 unspecified atom stereocenters. The van der Waals surface area contributed by atoms with Crippen molar-refractivity contribution in [1.29, 1.82) is 0 Å². The summed E-state index contributed by atoms with van der Waals surface area (Å²) in [6, 6.07) is 15.8. The molecule has 0 aliphatic carbocycles. The number of ether oxygens (including phenoxy) is 2. The SMILES string of the molecule is COc1ccc(-n2cnnn2)cc1C(C)NC1CCCN(C(=O)OC(C)(C)C)C1c1ccccc1. The summed E-state index contributed by atoms with van der Waals surface area (Å²) in [5, 5.41) is 15.3. The first kappa shape index (κ1) is 24.7. The largest absolute Gasteiger partial charge is 0.496 e. The number of rotatable bonds is 6. The zero-order valence-electron chi connectivity index (χ0n) is 21.0. The summed E-state index contributed by atoms with van der Waals surface area (Å²) < 4.78 is 13.1. The summed E-state index contributed by atoms with van der Waals surface area (Å²) in [6.07, 6.45) is 3.09. The molecule has 9 heteroatoms. The lowest BCUT2D eigenvalue weighted by Crippen LogP contribution is -2.52. The lowest BCUT2D eigenvalue weighted by molar-refractivity contribution is 0.00317. The molecule has 3 atom stereocenters. The zero-order valence-corrected chi connectivity index (χ0v) is 21.0. The van der Waals surface area contributed by atoms with Gasteiger partial charge in [0, 0.05) is 24.2 Å². The van der Waals surface area contributed by atoms with Crippen molar-refractivity contribution in [2.75, 3.05) is 13.7 Å². The smallest absolute Gasteiger partial charge is 0.410 e. The molecule has 2 aromatic carbocycles. The van der Waals surface area contributed by atoms with Crippen molar-refractivity contribution in [2.24, 2.45) is 0 Å². The van der Waals surface area contributed by atoms with E-state index in [0.29, 0.717) is 6.54 Å². The van der Waals surface area contributed by atoms with Crippen LogP contribution in [0.5, 0.6) is 5.75 Å². The molecule has 1 aromatic heterocycles. The van der Waals surface area contributed by atoms with E-state index in [2.05, 4.69) is 39.9 Å². The van der Waals surface area contributed by atoms with E-state index in [1.165, 1.54) is 0 Å². The van der Waals surface area contributed by atoms with Gasteiger partial charge in [0.15, 0.2) is 0 Å². The van der Waals surface area contributed by atoms with Gasteiger partial charge in [-0.1, -0.05) is 30.3 Å². The van der Waals surface area contributed by atoms with Gasteiger partial charge in [-0.2, -0.15) is 0 Å². The number of carbonyl (C=O) groups is 1. The average molecular weight is 479 g/mol. The molecule has 1 aliphatic heterocycles. The van der Waals surface area contributed by atoms with Crippen molar-refractivity contribution in [2.45, 2.75) is 64.3 Å². The number of carbonyl (C=O) groups excluding carboxylic acids is 1. The van der Waals surface area contributed by atoms with Gasteiger partial charge in [-0.05, 0) is 74.7 Å². The predicted octanol–water partition coefficient (Wildman–Crippen LogP) is 4.46. The summed E-state index contributed by atoms with van der Waals surface area (Å²) in [5.41, 5.74) is 2.35. The molecule has 35 heavy (non-hydrogen) atoms. The Labute approximate surface area is 206 Å². The molecule has 1 aliphatic rings. The number of benzene rings is 2. The maximum atomic E-state index is 13.2. The van der Waals surface area contributed by atoms with Crippen molar-refractivity contribution in [3.8, 4) is 11.4 Å². The van der Waals surface area contributed by atoms with E-state index in [1.54, 1.807) is 18.1 Å². The summed E-state index contributed by atoms with van der Waals surface area (Å²) in [4.78, 5) is 15.1. The topological polar surface area (TPSA) is 94.4 Å². The van der Waals surface area contributed by atoms with Gasteiger partial charge < -0.3 is 14.8 Å². The van der Waals surface area contributed by atoms with Crippen LogP contribution in [0.2, 0.25) is 0 Å². The maximum absolute atomic E-state index is 13.2. The number of amides is 1. The number of aromatic nitrogens is 4. The van der Waals surface area contributed by atoms with E-state index in [1.807, 2.05) is 62.1 Å². The molecule has 0 radical (unpaired) electrons. The van der Waals surface area contributed by atoms with E-state index >= 15 is 0 Å². The Balaban J connectivity index is 1.64. The molecule has 186 valence electrons. The number of tetrazole rings is 1. The van der Waals surface area contributed by atoms with E-state index in [0.717, 1.165) is 35.4 Å². The van der Waals surface area contributed by atoms with Crippen LogP contribution in [0.15, 0.2) is 54.9 Å². The molecule has 0 saturated carbocycles. The first-order chi connectivity index (χ1) is 16.8. The van der Waals surface area contributed by atoms with Gasteiger partial charge in [-0.15, -0.1) is 5.10 Å². The molecule has 1 amide bonds. The quantitative estimate of drug-likeness (QED) is 0.559. The first-order valence-electron chi connectivity index (χ1n) is 12.0. The standard InChI is InChI=1S/C26H34N6O3/c1-18(21-16-20(13-14-23(21)34-5)32-17-27-29-30-32)28-22-12-9-15-31(25(33)35-26(2,3)4)24(22)19-10-7-6-8-11-19/h6-8,10-11,13-14,16-18,22,24,28H,9,12,15H2,1-5H3. The minimum absolute atomic E-state index is 0.0232. The molecule has 1 N–H and O–H groups in total. The van der Waals surface area contributed by atoms with E-state index in [4.69, 9.17) is 9.47 Å². The fourth-order valence-corrected chi connectivity index (χ4v) is 4.65. The van der Waals surface area contributed by atoms with Gasteiger partial charge in [-0.3, -0.25) is 4.90 Å². The third kappa shape index (κ3) is 5.79. The predicted molar refractivity (Wildman–Crippen MR) is 132 cm³/mol. The lowest BCUT2D eigenvalue weighted by atomic mass is 9.89. The number of methoxy groups -OCH3 is 1. The summed E-state index contributed by atoms with van der Waals surface area (Å²) in [7, 11) is 1.67. The summed E-state index contributed by atoms with van der Waals surface area (Å²) >= 11 is 0. The minimum Gasteiger partial charge on any atom is -0.496 e. The molecule has 2 heterocycles. The summed E-state index contributed by atoms with van der Waals surface area (Å²) in [5.74, 6) is 0.776. The highest BCUT2D eigenvalue weighted by Gasteiger charge is 2.38. The lowest BCUT2D eigenvalue weighted by Gasteiger charge is -2.43. The van der Waals surface area contributed by atoms with Crippen LogP contribution in [-0.4, -0.2) is 56.5 Å². The van der Waals surface area contributed by atoms with Gasteiger partial charge >= 0.3 is 6.09 Å². The minimum atomic E-state index is -0.560. The Kier molecular flexibility index (Phi) is 7.35. The van der Waals surface area contributed by atoms with Crippen LogP contribution in [0.3, 0.4) is 0 Å². The number of nitrogens with one attached hydrogen (secondary N) is 1.